The summed E-state index contributed by atoms with van der Waals surface area (Å²) in [5.74, 6) is 3.24. The van der Waals surface area contributed by atoms with E-state index in [2.05, 4.69) is 65.1 Å². The molecule has 1 aromatic carbocycles. The summed E-state index contributed by atoms with van der Waals surface area (Å²) in [4.78, 5) is 0. The molecule has 4 rings (SSSR count). The van der Waals surface area contributed by atoms with Crippen molar-refractivity contribution in [1.29, 1.82) is 0 Å². The highest BCUT2D eigenvalue weighted by molar-refractivity contribution is 6.74. The van der Waals surface area contributed by atoms with E-state index in [1.165, 1.54) is 18.4 Å². The molecule has 0 heterocycles. The molecule has 0 radical (unpaired) electrons. The van der Waals surface area contributed by atoms with Crippen molar-refractivity contribution in [3.8, 4) is 5.75 Å². The van der Waals surface area contributed by atoms with Crippen LogP contribution in [0.4, 0.5) is 0 Å². The fourth-order valence-electron chi connectivity index (χ4n) is 6.58. The number of hydrogen-bond donors (Lipinski definition) is 2. The lowest BCUT2D eigenvalue weighted by Gasteiger charge is -2.50. The van der Waals surface area contributed by atoms with Crippen molar-refractivity contribution < 1.29 is 9.53 Å². The number of aryl methyl sites for hydroxylation is 1. The molecular weight excluding hydrogens is 398 g/mol. The number of hydrogen-bond acceptors (Lipinski definition) is 3. The van der Waals surface area contributed by atoms with Crippen LogP contribution in [0.2, 0.25) is 18.1 Å². The largest absolute Gasteiger partial charge is 0.543 e. The molecule has 1 aromatic rings. The Kier molecular flexibility index (Phi) is 5.98. The summed E-state index contributed by atoms with van der Waals surface area (Å²) in [6, 6.07) is 6.94. The zero-order valence-corrected chi connectivity index (χ0v) is 21.4. The van der Waals surface area contributed by atoms with Crippen LogP contribution in [0.1, 0.15) is 70.4 Å². The third kappa shape index (κ3) is 3.93. The second-order valence-corrected chi connectivity index (χ2v) is 16.9. The Morgan fingerprint density at radius 3 is 2.68 bits per heavy atom. The lowest BCUT2D eigenvalue weighted by atomic mass is 9.55. The van der Waals surface area contributed by atoms with E-state index in [-0.39, 0.29) is 22.5 Å². The monoisotopic (exact) mass is 441 g/mol. The molecule has 3 N–H and O–H groups in total. The van der Waals surface area contributed by atoms with Crippen molar-refractivity contribution in [1.82, 2.24) is 0 Å². The minimum atomic E-state index is -1.82. The summed E-state index contributed by atoms with van der Waals surface area (Å²) in [6.45, 7) is 14.5. The summed E-state index contributed by atoms with van der Waals surface area (Å²) in [7, 11) is -1.82. The fraction of sp³-hybridized carbons (Fsp3) is 0.704. The molecule has 31 heavy (non-hydrogen) atoms. The predicted molar refractivity (Wildman–Crippen MR) is 132 cm³/mol. The van der Waals surface area contributed by atoms with Crippen LogP contribution in [0.15, 0.2) is 30.4 Å². The van der Waals surface area contributed by atoms with Crippen LogP contribution in [0.5, 0.6) is 5.75 Å². The minimum absolute atomic E-state index is 0.0493. The molecule has 0 saturated heterocycles. The molecular formula is C27H43NO2Si. The van der Waals surface area contributed by atoms with Crippen molar-refractivity contribution in [3.05, 3.63) is 41.5 Å². The smallest absolute Gasteiger partial charge is 0.250 e. The molecule has 0 amide bonds. The Hall–Kier alpha value is -1.10. The first-order valence-electron chi connectivity index (χ1n) is 12.3. The van der Waals surface area contributed by atoms with Crippen molar-refractivity contribution in [2.75, 3.05) is 6.54 Å². The SMILES string of the molecule is CC(C)(C)[Si](C)(C)Oc1ccc2c(c1)CC[C@@H]1[C@@H]2CC[C@]2(C)[C@@H](O)[C@H](/C=C/CN)C[C@@H]12. The fourth-order valence-corrected chi connectivity index (χ4v) is 7.60. The summed E-state index contributed by atoms with van der Waals surface area (Å²) in [5, 5.41) is 11.4. The van der Waals surface area contributed by atoms with Gasteiger partial charge in [-0.25, -0.2) is 0 Å². The van der Waals surface area contributed by atoms with Crippen LogP contribution >= 0.6 is 0 Å². The van der Waals surface area contributed by atoms with Gasteiger partial charge in [-0.2, -0.15) is 0 Å². The third-order valence-electron chi connectivity index (χ3n) is 9.44. The van der Waals surface area contributed by atoms with Gasteiger partial charge in [-0.1, -0.05) is 45.9 Å². The summed E-state index contributed by atoms with van der Waals surface area (Å²) >= 11 is 0. The molecule has 0 spiro atoms. The Labute approximate surface area is 190 Å². The highest BCUT2D eigenvalue weighted by atomic mass is 28.4. The highest BCUT2D eigenvalue weighted by Gasteiger charge is 2.57. The van der Waals surface area contributed by atoms with E-state index in [9.17, 15) is 5.11 Å². The molecule has 4 heteroatoms. The molecule has 3 aliphatic rings. The lowest BCUT2D eigenvalue weighted by Crippen LogP contribution is -2.44. The Morgan fingerprint density at radius 2 is 2.00 bits per heavy atom. The number of aliphatic hydroxyl groups excluding tert-OH is 1. The molecule has 2 fully saturated rings. The van der Waals surface area contributed by atoms with Crippen LogP contribution < -0.4 is 10.2 Å². The standard InChI is InChI=1S/C27H43NO2Si/c1-26(2,3)31(5,6)30-20-10-12-21-18(16-20)9-11-23-22(21)13-14-27(4)24(23)17-19(25(27)29)8-7-15-28/h7-8,10,12,16,19,22-25,29H,9,11,13-15,17,28H2,1-6H3/b8-7+/t19-,22-,23-,24+,25+,27+/m1/s1. The van der Waals surface area contributed by atoms with Crippen molar-refractivity contribution >= 4 is 8.32 Å². The topological polar surface area (TPSA) is 55.5 Å². The maximum Gasteiger partial charge on any atom is 0.250 e. The zero-order chi connectivity index (χ0) is 22.6. The van der Waals surface area contributed by atoms with E-state index in [4.69, 9.17) is 10.2 Å². The van der Waals surface area contributed by atoms with Gasteiger partial charge in [0.1, 0.15) is 5.75 Å². The van der Waals surface area contributed by atoms with E-state index < -0.39 is 8.32 Å². The van der Waals surface area contributed by atoms with Gasteiger partial charge in [0, 0.05) is 12.5 Å². The second kappa shape index (κ2) is 8.04. The van der Waals surface area contributed by atoms with Gasteiger partial charge in [-0.05, 0) is 96.7 Å². The predicted octanol–water partition coefficient (Wildman–Crippen LogP) is 6.03. The van der Waals surface area contributed by atoms with Gasteiger partial charge >= 0.3 is 0 Å². The molecule has 0 aliphatic heterocycles. The molecule has 0 bridgehead atoms. The highest BCUT2D eigenvalue weighted by Crippen LogP contribution is 2.62. The number of rotatable bonds is 4. The lowest BCUT2D eigenvalue weighted by molar-refractivity contribution is -0.0285. The molecule has 0 unspecified atom stereocenters. The Morgan fingerprint density at radius 1 is 1.26 bits per heavy atom. The first kappa shape index (κ1) is 23.1. The van der Waals surface area contributed by atoms with Gasteiger partial charge in [-0.3, -0.25) is 0 Å². The van der Waals surface area contributed by atoms with E-state index in [1.54, 1.807) is 5.56 Å². The van der Waals surface area contributed by atoms with E-state index >= 15 is 0 Å². The maximum absolute atomic E-state index is 11.2. The first-order valence-corrected chi connectivity index (χ1v) is 15.3. The van der Waals surface area contributed by atoms with Gasteiger partial charge in [0.25, 0.3) is 0 Å². The first-order chi connectivity index (χ1) is 14.5. The van der Waals surface area contributed by atoms with Crippen molar-refractivity contribution in [3.63, 3.8) is 0 Å². The van der Waals surface area contributed by atoms with Gasteiger partial charge in [-0.15, -0.1) is 0 Å². The Bertz CT molecular complexity index is 842. The molecule has 3 aliphatic carbocycles. The van der Waals surface area contributed by atoms with Crippen LogP contribution in [0.3, 0.4) is 0 Å². The average Bonchev–Trinajstić information content (AvgIpc) is 2.95. The van der Waals surface area contributed by atoms with Gasteiger partial charge in [0.2, 0.25) is 8.32 Å². The number of nitrogens with two attached hydrogens (primary N) is 1. The zero-order valence-electron chi connectivity index (χ0n) is 20.4. The molecule has 3 nitrogen and oxygen atoms in total. The summed E-state index contributed by atoms with van der Waals surface area (Å²) < 4.78 is 6.61. The van der Waals surface area contributed by atoms with Crippen LogP contribution in [0.25, 0.3) is 0 Å². The molecule has 2 saturated carbocycles. The second-order valence-electron chi connectivity index (χ2n) is 12.2. The van der Waals surface area contributed by atoms with Gasteiger partial charge in [0.15, 0.2) is 0 Å². The van der Waals surface area contributed by atoms with Crippen LogP contribution in [-0.4, -0.2) is 26.1 Å². The van der Waals surface area contributed by atoms with Gasteiger partial charge in [0.05, 0.1) is 6.10 Å². The summed E-state index contributed by atoms with van der Waals surface area (Å²) in [5.41, 5.74) is 8.79. The van der Waals surface area contributed by atoms with Crippen LogP contribution in [0, 0.1) is 23.2 Å². The van der Waals surface area contributed by atoms with E-state index in [0.717, 1.165) is 25.0 Å². The van der Waals surface area contributed by atoms with Crippen LogP contribution in [-0.2, 0) is 6.42 Å². The molecule has 172 valence electrons. The number of aliphatic hydroxyl groups is 1. The average molecular weight is 442 g/mol. The van der Waals surface area contributed by atoms with Crippen molar-refractivity contribution in [2.45, 2.75) is 90.0 Å². The summed E-state index contributed by atoms with van der Waals surface area (Å²) in [6.07, 6.45) is 9.78. The maximum atomic E-state index is 11.2. The van der Waals surface area contributed by atoms with E-state index in [0.29, 0.717) is 24.3 Å². The minimum Gasteiger partial charge on any atom is -0.543 e. The molecule has 0 aromatic heterocycles. The molecule has 6 atom stereocenters. The Balaban J connectivity index is 1.56. The van der Waals surface area contributed by atoms with Crippen molar-refractivity contribution in [2.24, 2.45) is 28.9 Å². The van der Waals surface area contributed by atoms with E-state index in [1.807, 2.05) is 6.08 Å². The van der Waals surface area contributed by atoms with Gasteiger partial charge < -0.3 is 15.3 Å². The normalized spacial score (nSPS) is 35.5. The third-order valence-corrected chi connectivity index (χ3v) is 13.8. The quantitative estimate of drug-likeness (QED) is 0.443. The number of benzene rings is 1. The number of fused-ring (bicyclic) bond motifs is 5.